The van der Waals surface area contributed by atoms with E-state index in [4.69, 9.17) is 17.0 Å². The summed E-state index contributed by atoms with van der Waals surface area (Å²) in [5, 5.41) is 12.0. The first-order valence-corrected chi connectivity index (χ1v) is 9.43. The van der Waals surface area contributed by atoms with Crippen molar-refractivity contribution < 1.29 is 14.6 Å². The Morgan fingerprint density at radius 1 is 1.11 bits per heavy atom. The van der Waals surface area contributed by atoms with Crippen LogP contribution in [0.3, 0.4) is 0 Å². The molecule has 0 aromatic heterocycles. The number of thioether (sulfide) groups is 1. The van der Waals surface area contributed by atoms with Crippen molar-refractivity contribution in [2.24, 2.45) is 0 Å². The monoisotopic (exact) mass is 393 g/mol. The van der Waals surface area contributed by atoms with E-state index in [2.05, 4.69) is 0 Å². The standard InChI is InChI=1S/C21H15NO3S2/c1-25-18-10-9-13(11-17(18)23)12-19-20(24)22(21(26)27-19)16-8-4-6-14-5-2-3-7-15(14)16/h2-12,23H,1H3. The molecule has 0 spiro atoms. The summed E-state index contributed by atoms with van der Waals surface area (Å²) in [5.41, 5.74) is 1.48. The van der Waals surface area contributed by atoms with Gasteiger partial charge in [0.15, 0.2) is 15.8 Å². The molecule has 0 unspecified atom stereocenters. The van der Waals surface area contributed by atoms with E-state index in [1.54, 1.807) is 29.2 Å². The molecule has 1 aliphatic heterocycles. The van der Waals surface area contributed by atoms with Crippen LogP contribution in [0.5, 0.6) is 11.5 Å². The van der Waals surface area contributed by atoms with Gasteiger partial charge in [-0.1, -0.05) is 66.4 Å². The van der Waals surface area contributed by atoms with Crippen LogP contribution >= 0.6 is 24.0 Å². The number of rotatable bonds is 3. The summed E-state index contributed by atoms with van der Waals surface area (Å²) >= 11 is 6.73. The minimum atomic E-state index is -0.170. The van der Waals surface area contributed by atoms with Crippen molar-refractivity contribution in [1.82, 2.24) is 0 Å². The van der Waals surface area contributed by atoms with Crippen molar-refractivity contribution >= 4 is 56.7 Å². The van der Waals surface area contributed by atoms with Gasteiger partial charge in [0, 0.05) is 5.39 Å². The molecule has 3 aromatic carbocycles. The second-order valence-corrected chi connectivity index (χ2v) is 7.62. The smallest absolute Gasteiger partial charge is 0.270 e. The van der Waals surface area contributed by atoms with Crippen LogP contribution in [-0.4, -0.2) is 22.4 Å². The Balaban J connectivity index is 1.73. The minimum Gasteiger partial charge on any atom is -0.504 e. The average Bonchev–Trinajstić information content (AvgIpc) is 2.95. The second-order valence-electron chi connectivity index (χ2n) is 5.95. The van der Waals surface area contributed by atoms with E-state index >= 15 is 0 Å². The van der Waals surface area contributed by atoms with Crippen molar-refractivity contribution in [2.45, 2.75) is 0 Å². The Morgan fingerprint density at radius 2 is 1.89 bits per heavy atom. The van der Waals surface area contributed by atoms with Gasteiger partial charge in [-0.3, -0.25) is 9.69 Å². The van der Waals surface area contributed by atoms with Gasteiger partial charge in [0.2, 0.25) is 0 Å². The zero-order valence-electron chi connectivity index (χ0n) is 14.4. The highest BCUT2D eigenvalue weighted by Gasteiger charge is 2.34. The molecule has 1 amide bonds. The highest BCUT2D eigenvalue weighted by Crippen LogP contribution is 2.39. The van der Waals surface area contributed by atoms with Gasteiger partial charge in [0.05, 0.1) is 17.7 Å². The molecule has 0 radical (unpaired) electrons. The second kappa shape index (κ2) is 7.06. The summed E-state index contributed by atoms with van der Waals surface area (Å²) in [4.78, 5) is 15.1. The third-order valence-corrected chi connectivity index (χ3v) is 5.60. The summed E-state index contributed by atoms with van der Waals surface area (Å²) in [6.45, 7) is 0. The number of fused-ring (bicyclic) bond motifs is 1. The predicted molar refractivity (Wildman–Crippen MR) is 114 cm³/mol. The molecule has 4 nitrogen and oxygen atoms in total. The number of ether oxygens (including phenoxy) is 1. The third-order valence-electron chi connectivity index (χ3n) is 4.30. The zero-order valence-corrected chi connectivity index (χ0v) is 16.0. The maximum Gasteiger partial charge on any atom is 0.270 e. The number of phenols is 1. The molecule has 0 saturated carbocycles. The van der Waals surface area contributed by atoms with E-state index in [1.165, 1.54) is 18.9 Å². The Labute approximate surface area is 166 Å². The molecule has 3 aromatic rings. The van der Waals surface area contributed by atoms with E-state index < -0.39 is 0 Å². The summed E-state index contributed by atoms with van der Waals surface area (Å²) in [5.74, 6) is 0.239. The summed E-state index contributed by atoms with van der Waals surface area (Å²) in [7, 11) is 1.49. The lowest BCUT2D eigenvalue weighted by Crippen LogP contribution is -2.27. The third kappa shape index (κ3) is 3.18. The first-order valence-electron chi connectivity index (χ1n) is 8.21. The van der Waals surface area contributed by atoms with Crippen LogP contribution in [0.1, 0.15) is 5.56 Å². The normalized spacial score (nSPS) is 15.7. The molecule has 134 valence electrons. The topological polar surface area (TPSA) is 49.8 Å². The van der Waals surface area contributed by atoms with Crippen LogP contribution in [0.4, 0.5) is 5.69 Å². The lowest BCUT2D eigenvalue weighted by Gasteiger charge is -2.17. The average molecular weight is 393 g/mol. The van der Waals surface area contributed by atoms with Gasteiger partial charge in [-0.2, -0.15) is 0 Å². The first kappa shape index (κ1) is 17.6. The first-order chi connectivity index (χ1) is 13.1. The van der Waals surface area contributed by atoms with Crippen LogP contribution in [0, 0.1) is 0 Å². The Bertz CT molecular complexity index is 1100. The molecule has 1 saturated heterocycles. The van der Waals surface area contributed by atoms with Crippen molar-refractivity contribution in [3.63, 3.8) is 0 Å². The fraction of sp³-hybridized carbons (Fsp3) is 0.0476. The summed E-state index contributed by atoms with van der Waals surface area (Å²) in [6, 6.07) is 18.7. The van der Waals surface area contributed by atoms with Crippen molar-refractivity contribution in [1.29, 1.82) is 0 Å². The predicted octanol–water partition coefficient (Wildman–Crippen LogP) is 4.96. The molecule has 1 heterocycles. The number of benzene rings is 3. The quantitative estimate of drug-likeness (QED) is 0.503. The summed E-state index contributed by atoms with van der Waals surface area (Å²) in [6.07, 6.45) is 1.73. The maximum absolute atomic E-state index is 13.0. The molecule has 0 atom stereocenters. The van der Waals surface area contributed by atoms with E-state index in [9.17, 15) is 9.90 Å². The van der Waals surface area contributed by atoms with Crippen LogP contribution in [-0.2, 0) is 4.79 Å². The molecule has 6 heteroatoms. The number of aromatic hydroxyl groups is 1. The zero-order chi connectivity index (χ0) is 19.0. The number of hydrogen-bond acceptors (Lipinski definition) is 5. The van der Waals surface area contributed by atoms with Gasteiger partial charge in [-0.15, -0.1) is 0 Å². The number of nitrogens with zero attached hydrogens (tertiary/aromatic N) is 1. The number of methoxy groups -OCH3 is 1. The van der Waals surface area contributed by atoms with E-state index in [0.717, 1.165) is 16.5 Å². The summed E-state index contributed by atoms with van der Waals surface area (Å²) < 4.78 is 5.54. The number of phenolic OH excluding ortho intramolecular Hbond substituents is 1. The van der Waals surface area contributed by atoms with Gasteiger partial charge in [-0.25, -0.2) is 0 Å². The molecule has 1 aliphatic rings. The van der Waals surface area contributed by atoms with Gasteiger partial charge in [0.25, 0.3) is 5.91 Å². The van der Waals surface area contributed by atoms with E-state index in [1.807, 2.05) is 42.5 Å². The van der Waals surface area contributed by atoms with Gasteiger partial charge in [-0.05, 0) is 35.2 Å². The molecule has 0 bridgehead atoms. The van der Waals surface area contributed by atoms with Gasteiger partial charge >= 0.3 is 0 Å². The van der Waals surface area contributed by atoms with Crippen LogP contribution < -0.4 is 9.64 Å². The number of amides is 1. The number of anilines is 1. The molecule has 0 aliphatic carbocycles. The largest absolute Gasteiger partial charge is 0.504 e. The Kier molecular flexibility index (Phi) is 4.59. The van der Waals surface area contributed by atoms with Crippen LogP contribution in [0.25, 0.3) is 16.8 Å². The van der Waals surface area contributed by atoms with Gasteiger partial charge in [0.1, 0.15) is 0 Å². The lowest BCUT2D eigenvalue weighted by molar-refractivity contribution is -0.113. The molecule has 1 N–H and O–H groups in total. The number of carbonyl (C=O) groups is 1. The Hall–Kier alpha value is -2.83. The minimum absolute atomic E-state index is 0.0239. The Morgan fingerprint density at radius 3 is 2.67 bits per heavy atom. The van der Waals surface area contributed by atoms with E-state index in [-0.39, 0.29) is 11.7 Å². The van der Waals surface area contributed by atoms with Crippen molar-refractivity contribution in [2.75, 3.05) is 12.0 Å². The number of thiocarbonyl (C=S) groups is 1. The SMILES string of the molecule is COc1ccc(C=C2SC(=S)N(c3cccc4ccccc34)C2=O)cc1O. The van der Waals surface area contributed by atoms with Crippen LogP contribution in [0.15, 0.2) is 65.6 Å². The number of hydrogen-bond donors (Lipinski definition) is 1. The fourth-order valence-electron chi connectivity index (χ4n) is 3.03. The molecular weight excluding hydrogens is 378 g/mol. The highest BCUT2D eigenvalue weighted by atomic mass is 32.2. The molecule has 4 rings (SSSR count). The molecule has 1 fully saturated rings. The van der Waals surface area contributed by atoms with E-state index in [0.29, 0.717) is 20.5 Å². The maximum atomic E-state index is 13.0. The highest BCUT2D eigenvalue weighted by molar-refractivity contribution is 8.27. The van der Waals surface area contributed by atoms with Crippen molar-refractivity contribution in [3.8, 4) is 11.5 Å². The number of carbonyl (C=O) groups excluding carboxylic acids is 1. The molecule has 27 heavy (non-hydrogen) atoms. The fourth-order valence-corrected chi connectivity index (χ4v) is 4.31. The van der Waals surface area contributed by atoms with Crippen molar-refractivity contribution in [3.05, 3.63) is 71.1 Å². The van der Waals surface area contributed by atoms with Gasteiger partial charge < -0.3 is 9.84 Å². The van der Waals surface area contributed by atoms with Crippen LogP contribution in [0.2, 0.25) is 0 Å². The molecular formula is C21H15NO3S2. The lowest BCUT2D eigenvalue weighted by atomic mass is 10.1.